The molecule has 0 radical (unpaired) electrons. The zero-order valence-electron chi connectivity index (χ0n) is 23.1. The molecule has 5 amide bonds. The highest BCUT2D eigenvalue weighted by molar-refractivity contribution is 6.05. The van der Waals surface area contributed by atoms with Gasteiger partial charge in [0, 0.05) is 38.2 Å². The summed E-state index contributed by atoms with van der Waals surface area (Å²) in [7, 11) is 0. The van der Waals surface area contributed by atoms with Crippen molar-refractivity contribution in [3.63, 3.8) is 0 Å². The number of rotatable bonds is 2. The van der Waals surface area contributed by atoms with Gasteiger partial charge in [-0.05, 0) is 53.5 Å². The first-order valence-corrected chi connectivity index (χ1v) is 13.5. The van der Waals surface area contributed by atoms with Gasteiger partial charge < -0.3 is 24.9 Å². The molecule has 0 bridgehead atoms. The van der Waals surface area contributed by atoms with Gasteiger partial charge in [0.1, 0.15) is 6.04 Å². The van der Waals surface area contributed by atoms with Crippen LogP contribution in [0.1, 0.15) is 67.9 Å². The number of nitrogens with one attached hydrogen (secondary N) is 1. The molecule has 3 N–H and O–H groups in total. The number of piperidine rings is 1. The first kappa shape index (κ1) is 28.8. The minimum absolute atomic E-state index is 0.196. The molecule has 2 unspecified atom stereocenters. The molecule has 11 heteroatoms. The van der Waals surface area contributed by atoms with E-state index in [2.05, 4.69) is 5.32 Å². The van der Waals surface area contributed by atoms with E-state index in [-0.39, 0.29) is 29.7 Å². The fourth-order valence-corrected chi connectivity index (χ4v) is 5.51. The molecule has 1 fully saturated rings. The molecule has 4 heterocycles. The van der Waals surface area contributed by atoms with Crippen molar-refractivity contribution in [1.82, 2.24) is 20.0 Å². The van der Waals surface area contributed by atoms with E-state index in [9.17, 15) is 29.1 Å². The molecule has 0 spiro atoms. The fraction of sp³-hybridized carbons (Fsp3) is 0.483. The molecule has 2 atom stereocenters. The number of hydrogen-bond donors (Lipinski definition) is 3. The summed E-state index contributed by atoms with van der Waals surface area (Å²) < 4.78 is 0. The molecule has 1 aromatic carbocycles. The molecule has 0 saturated carbocycles. The van der Waals surface area contributed by atoms with Gasteiger partial charge in [-0.25, -0.2) is 9.59 Å². The van der Waals surface area contributed by atoms with Gasteiger partial charge in [-0.2, -0.15) is 0 Å². The Kier molecular flexibility index (Phi) is 8.32. The van der Waals surface area contributed by atoms with Crippen LogP contribution < -0.4 is 5.32 Å². The third-order valence-corrected chi connectivity index (χ3v) is 7.67. The molecular weight excluding hydrogens is 516 g/mol. The summed E-state index contributed by atoms with van der Waals surface area (Å²) >= 11 is 0. The quantitative estimate of drug-likeness (QED) is 0.375. The Morgan fingerprint density at radius 1 is 1.00 bits per heavy atom. The van der Waals surface area contributed by atoms with Crippen molar-refractivity contribution < 1.29 is 34.2 Å². The Balaban J connectivity index is 0.000000350. The number of fused-ring (bicyclic) bond motifs is 1. The predicted octanol–water partition coefficient (Wildman–Crippen LogP) is 3.56. The van der Waals surface area contributed by atoms with Gasteiger partial charge in [0.05, 0.1) is 6.04 Å². The summed E-state index contributed by atoms with van der Waals surface area (Å²) in [6, 6.07) is 4.77. The average molecular weight is 553 g/mol. The van der Waals surface area contributed by atoms with Crippen LogP contribution in [0.5, 0.6) is 0 Å². The SMILES string of the molecule is CC(C)(C)C1C=C(c2ccc3c(c2)CN(C2CCC(=O)NC2=O)C3=O)CCN1C(=O)O.O=C(O)N1CC=CCC1. The topological polar surface area (TPSA) is 148 Å². The summed E-state index contributed by atoms with van der Waals surface area (Å²) in [6.45, 7) is 8.00. The second-order valence-electron chi connectivity index (χ2n) is 11.5. The molecule has 214 valence electrons. The van der Waals surface area contributed by atoms with Crippen LogP contribution in [0.2, 0.25) is 0 Å². The standard InChI is InChI=1S/C23H27N3O5.C6H9NO2/c1-23(2,3)18-11-14(8-9-25(18)22(30)31)13-4-5-16-15(10-13)12-26(21(16)29)17-6-7-19(27)24-20(17)28;8-6(9)7-4-2-1-3-5-7/h4-5,10-11,17-18H,6-9,12H2,1-3H3,(H,30,31)(H,24,27,28);1-2H,3-5H2,(H,8,9). The summed E-state index contributed by atoms with van der Waals surface area (Å²) in [5.41, 5.74) is 3.20. The van der Waals surface area contributed by atoms with Crippen molar-refractivity contribution in [2.45, 2.75) is 65.1 Å². The molecule has 0 aliphatic carbocycles. The number of hydrogen-bond acceptors (Lipinski definition) is 5. The first-order chi connectivity index (χ1) is 18.9. The van der Waals surface area contributed by atoms with Crippen molar-refractivity contribution in [3.8, 4) is 0 Å². The molecule has 40 heavy (non-hydrogen) atoms. The fourth-order valence-electron chi connectivity index (χ4n) is 5.51. The van der Waals surface area contributed by atoms with Crippen LogP contribution >= 0.6 is 0 Å². The van der Waals surface area contributed by atoms with E-state index in [1.807, 2.05) is 51.1 Å². The van der Waals surface area contributed by atoms with E-state index < -0.39 is 24.1 Å². The van der Waals surface area contributed by atoms with Crippen LogP contribution in [0.4, 0.5) is 9.59 Å². The molecule has 0 aromatic heterocycles. The minimum atomic E-state index is -0.922. The maximum Gasteiger partial charge on any atom is 0.407 e. The normalized spacial score (nSPS) is 22.7. The molecular formula is C29H36N4O7. The lowest BCUT2D eigenvalue weighted by molar-refractivity contribution is -0.136. The Labute approximate surface area is 233 Å². The van der Waals surface area contributed by atoms with Crippen LogP contribution in [-0.2, 0) is 16.1 Å². The monoisotopic (exact) mass is 552 g/mol. The summed E-state index contributed by atoms with van der Waals surface area (Å²) in [6.07, 6.45) is 6.16. The number of benzene rings is 1. The third kappa shape index (κ3) is 6.19. The smallest absolute Gasteiger partial charge is 0.407 e. The zero-order chi connectivity index (χ0) is 29.2. The van der Waals surface area contributed by atoms with E-state index in [0.717, 1.165) is 23.1 Å². The van der Waals surface area contributed by atoms with E-state index in [1.54, 1.807) is 6.07 Å². The van der Waals surface area contributed by atoms with Crippen molar-refractivity contribution in [3.05, 3.63) is 53.1 Å². The zero-order valence-corrected chi connectivity index (χ0v) is 23.1. The highest BCUT2D eigenvalue weighted by Gasteiger charge is 2.40. The number of imide groups is 1. The Hall–Kier alpha value is -4.15. The van der Waals surface area contributed by atoms with E-state index >= 15 is 0 Å². The molecule has 4 aliphatic rings. The average Bonchev–Trinajstić information content (AvgIpc) is 3.24. The number of amides is 5. The Morgan fingerprint density at radius 3 is 2.33 bits per heavy atom. The molecule has 1 aromatic rings. The predicted molar refractivity (Wildman–Crippen MR) is 146 cm³/mol. The first-order valence-electron chi connectivity index (χ1n) is 13.5. The molecule has 11 nitrogen and oxygen atoms in total. The lowest BCUT2D eigenvalue weighted by atomic mass is 9.81. The number of carbonyl (C=O) groups excluding carboxylic acids is 3. The van der Waals surface area contributed by atoms with Gasteiger partial charge >= 0.3 is 12.2 Å². The van der Waals surface area contributed by atoms with E-state index in [4.69, 9.17) is 5.11 Å². The van der Waals surface area contributed by atoms with Gasteiger partial charge in [-0.3, -0.25) is 19.7 Å². The minimum Gasteiger partial charge on any atom is -0.465 e. The summed E-state index contributed by atoms with van der Waals surface area (Å²) in [4.78, 5) is 62.9. The van der Waals surface area contributed by atoms with Crippen LogP contribution in [0.15, 0.2) is 36.4 Å². The van der Waals surface area contributed by atoms with Gasteiger partial charge in [0.2, 0.25) is 11.8 Å². The van der Waals surface area contributed by atoms with E-state index in [0.29, 0.717) is 44.6 Å². The van der Waals surface area contributed by atoms with Crippen molar-refractivity contribution >= 4 is 35.5 Å². The van der Waals surface area contributed by atoms with Gasteiger partial charge in [-0.1, -0.05) is 45.1 Å². The van der Waals surface area contributed by atoms with Crippen LogP contribution in [0.3, 0.4) is 0 Å². The third-order valence-electron chi connectivity index (χ3n) is 7.67. The van der Waals surface area contributed by atoms with Crippen molar-refractivity contribution in [2.75, 3.05) is 19.6 Å². The van der Waals surface area contributed by atoms with Crippen LogP contribution in [0.25, 0.3) is 5.57 Å². The van der Waals surface area contributed by atoms with Gasteiger partial charge in [0.15, 0.2) is 0 Å². The summed E-state index contributed by atoms with van der Waals surface area (Å²) in [5.74, 6) is -0.923. The van der Waals surface area contributed by atoms with Crippen LogP contribution in [-0.4, -0.2) is 86.5 Å². The molecule has 5 rings (SSSR count). The highest BCUT2D eigenvalue weighted by Crippen LogP contribution is 2.36. The molecule has 1 saturated heterocycles. The second-order valence-corrected chi connectivity index (χ2v) is 11.5. The number of nitrogens with zero attached hydrogens (tertiary/aromatic N) is 3. The van der Waals surface area contributed by atoms with E-state index in [1.165, 1.54) is 14.7 Å². The molecule has 4 aliphatic heterocycles. The number of carbonyl (C=O) groups is 5. The second kappa shape index (κ2) is 11.5. The van der Waals surface area contributed by atoms with Crippen molar-refractivity contribution in [2.24, 2.45) is 5.41 Å². The lowest BCUT2D eigenvalue weighted by Gasteiger charge is -2.40. The highest BCUT2D eigenvalue weighted by atomic mass is 16.4. The summed E-state index contributed by atoms with van der Waals surface area (Å²) in [5, 5.41) is 20.3. The Morgan fingerprint density at radius 2 is 1.75 bits per heavy atom. The largest absolute Gasteiger partial charge is 0.465 e. The maximum absolute atomic E-state index is 12.9. The van der Waals surface area contributed by atoms with Gasteiger partial charge in [-0.15, -0.1) is 0 Å². The Bertz CT molecular complexity index is 1280. The van der Waals surface area contributed by atoms with Crippen LogP contribution in [0, 0.1) is 5.41 Å². The number of carboxylic acid groups (broad SMARTS) is 2. The maximum atomic E-state index is 12.9. The van der Waals surface area contributed by atoms with Crippen molar-refractivity contribution in [1.29, 1.82) is 0 Å². The van der Waals surface area contributed by atoms with Gasteiger partial charge in [0.25, 0.3) is 5.91 Å². The lowest BCUT2D eigenvalue weighted by Crippen LogP contribution is -2.52.